The van der Waals surface area contributed by atoms with Crippen LogP contribution in [0.5, 0.6) is 0 Å². The number of hydrogen-bond donors (Lipinski definition) is 0. The van der Waals surface area contributed by atoms with E-state index in [9.17, 15) is 9.18 Å². The molecule has 1 unspecified atom stereocenters. The first-order valence-corrected chi connectivity index (χ1v) is 10.1. The zero-order chi connectivity index (χ0) is 19.7. The molecule has 1 fully saturated rings. The van der Waals surface area contributed by atoms with Crippen LogP contribution in [0.15, 0.2) is 36.7 Å². The van der Waals surface area contributed by atoms with E-state index in [1.54, 1.807) is 12.1 Å². The molecule has 28 heavy (non-hydrogen) atoms. The summed E-state index contributed by atoms with van der Waals surface area (Å²) in [5, 5.41) is 0.759. The normalized spacial score (nSPS) is 17.4. The first-order chi connectivity index (χ1) is 13.6. The maximum absolute atomic E-state index is 13.6. The van der Waals surface area contributed by atoms with E-state index in [2.05, 4.69) is 16.5 Å². The van der Waals surface area contributed by atoms with Gasteiger partial charge in [-0.1, -0.05) is 13.3 Å². The first kappa shape index (κ1) is 18.7. The summed E-state index contributed by atoms with van der Waals surface area (Å²) < 4.78 is 17.7. The second kappa shape index (κ2) is 7.78. The number of amides is 1. The lowest BCUT2D eigenvalue weighted by atomic mass is 9.96. The molecule has 1 aliphatic rings. The molecular formula is C22H27FN4O. The van der Waals surface area contributed by atoms with Crippen LogP contribution < -0.4 is 0 Å². The number of carbonyl (C=O) groups excluding carboxylic acids is 1. The molecule has 1 saturated heterocycles. The monoisotopic (exact) mass is 382 g/mol. The van der Waals surface area contributed by atoms with Crippen LogP contribution in [-0.4, -0.2) is 38.0 Å². The van der Waals surface area contributed by atoms with Crippen LogP contribution in [0.25, 0.3) is 10.9 Å². The predicted octanol–water partition coefficient (Wildman–Crippen LogP) is 4.33. The van der Waals surface area contributed by atoms with Crippen molar-refractivity contribution in [3.8, 4) is 0 Å². The van der Waals surface area contributed by atoms with E-state index in [1.807, 2.05) is 28.9 Å². The van der Waals surface area contributed by atoms with Crippen LogP contribution in [0.2, 0.25) is 0 Å². The lowest BCUT2D eigenvalue weighted by molar-refractivity contribution is 0.0694. The van der Waals surface area contributed by atoms with Gasteiger partial charge in [-0.3, -0.25) is 4.79 Å². The van der Waals surface area contributed by atoms with Crippen LogP contribution in [0.3, 0.4) is 0 Å². The molecule has 6 heteroatoms. The van der Waals surface area contributed by atoms with Crippen LogP contribution in [-0.2, 0) is 13.6 Å². The summed E-state index contributed by atoms with van der Waals surface area (Å²) in [6, 6.07) is 6.44. The Bertz CT molecular complexity index is 990. The Hall–Kier alpha value is -2.63. The fraction of sp³-hybridized carbons (Fsp3) is 0.455. The van der Waals surface area contributed by atoms with E-state index in [0.29, 0.717) is 12.2 Å². The van der Waals surface area contributed by atoms with Gasteiger partial charge in [-0.25, -0.2) is 9.37 Å². The molecule has 2 aromatic heterocycles. The summed E-state index contributed by atoms with van der Waals surface area (Å²) in [5.41, 5.74) is 1.48. The van der Waals surface area contributed by atoms with Crippen molar-refractivity contribution < 1.29 is 9.18 Å². The Labute approximate surface area is 164 Å². The van der Waals surface area contributed by atoms with Gasteiger partial charge in [-0.15, -0.1) is 0 Å². The Morgan fingerprint density at radius 1 is 1.32 bits per heavy atom. The third kappa shape index (κ3) is 3.43. The molecule has 1 aromatic carbocycles. The molecule has 4 rings (SSSR count). The number of hydrogen-bond acceptors (Lipinski definition) is 2. The van der Waals surface area contributed by atoms with Gasteiger partial charge in [0.15, 0.2) is 0 Å². The Morgan fingerprint density at radius 2 is 2.18 bits per heavy atom. The molecule has 0 bridgehead atoms. The van der Waals surface area contributed by atoms with Gasteiger partial charge in [0.1, 0.15) is 17.3 Å². The average molecular weight is 382 g/mol. The molecule has 3 heterocycles. The van der Waals surface area contributed by atoms with E-state index in [4.69, 9.17) is 0 Å². The smallest absolute Gasteiger partial charge is 0.270 e. The van der Waals surface area contributed by atoms with Gasteiger partial charge in [0, 0.05) is 55.9 Å². The molecule has 148 valence electrons. The number of piperidine rings is 1. The predicted molar refractivity (Wildman–Crippen MR) is 108 cm³/mol. The number of halogens is 1. The van der Waals surface area contributed by atoms with Gasteiger partial charge < -0.3 is 14.0 Å². The standard InChI is InChI=1S/C22H27FN4O/c1-3-4-10-26-12-9-24-21(26)16-6-5-11-27(15-16)22(28)20-14-17-13-18(23)7-8-19(17)25(20)2/h7-9,12-14,16H,3-6,10-11,15H2,1-2H3. The number of likely N-dealkylation sites (tertiary alicyclic amines) is 1. The van der Waals surface area contributed by atoms with Crippen LogP contribution >= 0.6 is 0 Å². The quantitative estimate of drug-likeness (QED) is 0.659. The lowest BCUT2D eigenvalue weighted by Crippen LogP contribution is -2.40. The van der Waals surface area contributed by atoms with Crippen molar-refractivity contribution in [3.63, 3.8) is 0 Å². The number of rotatable bonds is 5. The number of imidazole rings is 1. The Kier molecular flexibility index (Phi) is 5.20. The summed E-state index contributed by atoms with van der Waals surface area (Å²) in [5.74, 6) is 1.08. The maximum atomic E-state index is 13.6. The van der Waals surface area contributed by atoms with E-state index in [0.717, 1.165) is 55.5 Å². The first-order valence-electron chi connectivity index (χ1n) is 10.1. The van der Waals surface area contributed by atoms with Gasteiger partial charge in [-0.05, 0) is 43.5 Å². The summed E-state index contributed by atoms with van der Waals surface area (Å²) in [6.45, 7) is 4.59. The van der Waals surface area contributed by atoms with Gasteiger partial charge in [0.25, 0.3) is 5.91 Å². The van der Waals surface area contributed by atoms with Crippen molar-refractivity contribution in [2.45, 2.75) is 45.1 Å². The zero-order valence-corrected chi connectivity index (χ0v) is 16.6. The highest BCUT2D eigenvalue weighted by Crippen LogP contribution is 2.28. The van der Waals surface area contributed by atoms with Crippen molar-refractivity contribution in [1.29, 1.82) is 0 Å². The van der Waals surface area contributed by atoms with Crippen molar-refractivity contribution in [3.05, 3.63) is 54.0 Å². The summed E-state index contributed by atoms with van der Waals surface area (Å²) in [4.78, 5) is 19.8. The minimum atomic E-state index is -0.283. The minimum Gasteiger partial charge on any atom is -0.340 e. The molecule has 1 aliphatic heterocycles. The molecule has 5 nitrogen and oxygen atoms in total. The van der Waals surface area contributed by atoms with E-state index in [1.165, 1.54) is 12.1 Å². The van der Waals surface area contributed by atoms with E-state index in [-0.39, 0.29) is 17.6 Å². The van der Waals surface area contributed by atoms with Crippen molar-refractivity contribution in [2.75, 3.05) is 13.1 Å². The second-order valence-corrected chi connectivity index (χ2v) is 7.71. The number of fused-ring (bicyclic) bond motifs is 1. The number of benzene rings is 1. The third-order valence-corrected chi connectivity index (χ3v) is 5.80. The summed E-state index contributed by atoms with van der Waals surface area (Å²) in [7, 11) is 1.87. The topological polar surface area (TPSA) is 43.1 Å². The molecule has 0 spiro atoms. The van der Waals surface area contributed by atoms with Crippen molar-refractivity contribution >= 4 is 16.8 Å². The number of aromatic nitrogens is 3. The molecule has 0 saturated carbocycles. The number of nitrogens with zero attached hydrogens (tertiary/aromatic N) is 4. The highest BCUT2D eigenvalue weighted by Gasteiger charge is 2.29. The largest absolute Gasteiger partial charge is 0.340 e. The van der Waals surface area contributed by atoms with Crippen LogP contribution in [0.1, 0.15) is 54.8 Å². The zero-order valence-electron chi connectivity index (χ0n) is 16.6. The summed E-state index contributed by atoms with van der Waals surface area (Å²) in [6.07, 6.45) is 8.21. The highest BCUT2D eigenvalue weighted by atomic mass is 19.1. The molecule has 0 aliphatic carbocycles. The second-order valence-electron chi connectivity index (χ2n) is 7.71. The fourth-order valence-corrected chi connectivity index (χ4v) is 4.26. The Balaban J connectivity index is 1.56. The molecule has 0 radical (unpaired) electrons. The van der Waals surface area contributed by atoms with Crippen LogP contribution in [0.4, 0.5) is 4.39 Å². The van der Waals surface area contributed by atoms with Crippen molar-refractivity contribution in [2.24, 2.45) is 7.05 Å². The fourth-order valence-electron chi connectivity index (χ4n) is 4.26. The average Bonchev–Trinajstić information content (AvgIpc) is 3.30. The highest BCUT2D eigenvalue weighted by molar-refractivity contribution is 5.98. The lowest BCUT2D eigenvalue weighted by Gasteiger charge is -2.32. The number of unbranched alkanes of at least 4 members (excludes halogenated alkanes) is 1. The van der Waals surface area contributed by atoms with Crippen LogP contribution in [0, 0.1) is 5.82 Å². The molecule has 1 amide bonds. The van der Waals surface area contributed by atoms with Gasteiger partial charge >= 0.3 is 0 Å². The minimum absolute atomic E-state index is 0.00970. The van der Waals surface area contributed by atoms with E-state index >= 15 is 0 Å². The van der Waals surface area contributed by atoms with Gasteiger partial charge in [0.2, 0.25) is 0 Å². The van der Waals surface area contributed by atoms with Crippen molar-refractivity contribution in [1.82, 2.24) is 19.0 Å². The third-order valence-electron chi connectivity index (χ3n) is 5.80. The SMILES string of the molecule is CCCCn1ccnc1C1CCCN(C(=O)c2cc3cc(F)ccc3n2C)C1. The molecule has 0 N–H and O–H groups in total. The molecule has 3 aromatic rings. The summed E-state index contributed by atoms with van der Waals surface area (Å²) >= 11 is 0. The Morgan fingerprint density at radius 3 is 3.00 bits per heavy atom. The number of aryl methyl sites for hydroxylation is 2. The van der Waals surface area contributed by atoms with Gasteiger partial charge in [-0.2, -0.15) is 0 Å². The van der Waals surface area contributed by atoms with Gasteiger partial charge in [0.05, 0.1) is 0 Å². The number of carbonyl (C=O) groups is 1. The molecule has 1 atom stereocenters. The van der Waals surface area contributed by atoms with E-state index < -0.39 is 0 Å². The maximum Gasteiger partial charge on any atom is 0.270 e. The molecular weight excluding hydrogens is 355 g/mol.